The van der Waals surface area contributed by atoms with E-state index in [1.54, 1.807) is 6.07 Å². The van der Waals surface area contributed by atoms with E-state index < -0.39 is 5.97 Å². The number of carbonyl (C=O) groups is 2. The monoisotopic (exact) mass is 367 g/mol. The van der Waals surface area contributed by atoms with Crippen LogP contribution < -0.4 is 19.7 Å². The van der Waals surface area contributed by atoms with E-state index in [2.05, 4.69) is 5.32 Å². The zero-order chi connectivity index (χ0) is 19.3. The molecule has 0 radical (unpaired) electrons. The molecule has 1 amide bonds. The molecule has 2 rings (SSSR count). The highest BCUT2D eigenvalue weighted by molar-refractivity contribution is 6.02. The first kappa shape index (κ1) is 20.0. The SMILES string of the molecule is COC(=O)c1cc(OC)c(OC)cc1NC(=O)C[NH+]1C[C@H](C)O[C@@H](C)C1. The number of morpholine rings is 1. The summed E-state index contributed by atoms with van der Waals surface area (Å²) in [5.41, 5.74) is 0.533. The van der Waals surface area contributed by atoms with Gasteiger partial charge in [0.1, 0.15) is 25.3 Å². The van der Waals surface area contributed by atoms with Crippen LogP contribution in [0.4, 0.5) is 5.69 Å². The van der Waals surface area contributed by atoms with Gasteiger partial charge in [-0.1, -0.05) is 0 Å². The number of ether oxygens (including phenoxy) is 4. The molecule has 1 saturated heterocycles. The van der Waals surface area contributed by atoms with Crippen molar-refractivity contribution < 1.29 is 33.4 Å². The Hall–Kier alpha value is -2.32. The van der Waals surface area contributed by atoms with Crippen LogP contribution in [0.15, 0.2) is 12.1 Å². The van der Waals surface area contributed by atoms with Gasteiger partial charge in [0.15, 0.2) is 18.0 Å². The minimum absolute atomic E-state index is 0.105. The summed E-state index contributed by atoms with van der Waals surface area (Å²) in [5.74, 6) is 0.0321. The molecular formula is C18H27N2O6+. The molecule has 1 fully saturated rings. The molecule has 0 bridgehead atoms. The fourth-order valence-electron chi connectivity index (χ4n) is 3.22. The van der Waals surface area contributed by atoms with E-state index in [1.807, 2.05) is 13.8 Å². The topological polar surface area (TPSA) is 87.5 Å². The van der Waals surface area contributed by atoms with Gasteiger partial charge >= 0.3 is 5.97 Å². The average molecular weight is 367 g/mol. The lowest BCUT2D eigenvalue weighted by atomic mass is 10.1. The van der Waals surface area contributed by atoms with Gasteiger partial charge < -0.3 is 29.2 Å². The Morgan fingerprint density at radius 2 is 1.69 bits per heavy atom. The van der Waals surface area contributed by atoms with Gasteiger partial charge in [-0.25, -0.2) is 4.79 Å². The minimum atomic E-state index is -0.567. The number of methoxy groups -OCH3 is 3. The number of nitrogens with one attached hydrogen (secondary N) is 2. The molecular weight excluding hydrogens is 340 g/mol. The number of quaternary nitrogens is 1. The van der Waals surface area contributed by atoms with Crippen LogP contribution in [0.3, 0.4) is 0 Å². The molecule has 0 spiro atoms. The van der Waals surface area contributed by atoms with Crippen molar-refractivity contribution in [2.24, 2.45) is 0 Å². The Morgan fingerprint density at radius 3 is 2.23 bits per heavy atom. The number of amides is 1. The van der Waals surface area contributed by atoms with Crippen molar-refractivity contribution in [1.82, 2.24) is 0 Å². The zero-order valence-corrected chi connectivity index (χ0v) is 15.9. The molecule has 1 heterocycles. The molecule has 0 aliphatic carbocycles. The van der Waals surface area contributed by atoms with E-state index >= 15 is 0 Å². The standard InChI is InChI=1S/C18H26N2O6/c1-11-8-20(9-12(2)26-11)10-17(21)19-14-7-16(24-4)15(23-3)6-13(14)18(22)25-5/h6-7,11-12H,8-10H2,1-5H3,(H,19,21)/p+1/t11-,12-/m0/s1. The maximum absolute atomic E-state index is 12.5. The van der Waals surface area contributed by atoms with Crippen molar-refractivity contribution in [2.45, 2.75) is 26.1 Å². The highest BCUT2D eigenvalue weighted by Crippen LogP contribution is 2.33. The van der Waals surface area contributed by atoms with Crippen LogP contribution in [0, 0.1) is 0 Å². The lowest BCUT2D eigenvalue weighted by molar-refractivity contribution is -0.907. The molecule has 1 aliphatic heterocycles. The second-order valence-corrected chi connectivity index (χ2v) is 6.38. The Morgan fingerprint density at radius 1 is 1.12 bits per heavy atom. The van der Waals surface area contributed by atoms with E-state index in [-0.39, 0.29) is 30.2 Å². The van der Waals surface area contributed by atoms with Crippen LogP contribution in [0.5, 0.6) is 11.5 Å². The average Bonchev–Trinajstić information content (AvgIpc) is 2.59. The van der Waals surface area contributed by atoms with Gasteiger partial charge in [0.2, 0.25) is 0 Å². The van der Waals surface area contributed by atoms with Crippen LogP contribution in [0.2, 0.25) is 0 Å². The van der Waals surface area contributed by atoms with E-state index in [4.69, 9.17) is 18.9 Å². The molecule has 1 aliphatic rings. The smallest absolute Gasteiger partial charge is 0.340 e. The van der Waals surface area contributed by atoms with Crippen molar-refractivity contribution in [2.75, 3.05) is 46.3 Å². The Balaban J connectivity index is 2.18. The maximum Gasteiger partial charge on any atom is 0.340 e. The third-order valence-corrected chi connectivity index (χ3v) is 4.23. The number of esters is 1. The molecule has 8 nitrogen and oxygen atoms in total. The molecule has 1 aromatic carbocycles. The summed E-state index contributed by atoms with van der Waals surface area (Å²) in [4.78, 5) is 25.7. The number of anilines is 1. The number of carbonyl (C=O) groups excluding carboxylic acids is 2. The summed E-state index contributed by atoms with van der Waals surface area (Å²) in [6.45, 7) is 5.79. The summed E-state index contributed by atoms with van der Waals surface area (Å²) in [6.07, 6.45) is 0.210. The highest BCUT2D eigenvalue weighted by atomic mass is 16.5. The highest BCUT2D eigenvalue weighted by Gasteiger charge is 2.28. The lowest BCUT2D eigenvalue weighted by Crippen LogP contribution is -3.16. The number of hydrogen-bond acceptors (Lipinski definition) is 6. The van der Waals surface area contributed by atoms with Crippen molar-refractivity contribution >= 4 is 17.6 Å². The second-order valence-electron chi connectivity index (χ2n) is 6.38. The van der Waals surface area contributed by atoms with E-state index in [0.29, 0.717) is 17.2 Å². The van der Waals surface area contributed by atoms with Crippen LogP contribution in [0.1, 0.15) is 24.2 Å². The van der Waals surface area contributed by atoms with Gasteiger partial charge in [0, 0.05) is 12.1 Å². The quantitative estimate of drug-likeness (QED) is 0.695. The molecule has 144 valence electrons. The third-order valence-electron chi connectivity index (χ3n) is 4.23. The van der Waals surface area contributed by atoms with Gasteiger partial charge in [-0.2, -0.15) is 0 Å². The minimum Gasteiger partial charge on any atom is -0.493 e. The number of hydrogen-bond donors (Lipinski definition) is 2. The van der Waals surface area contributed by atoms with Crippen LogP contribution in [-0.2, 0) is 14.3 Å². The van der Waals surface area contributed by atoms with Gasteiger partial charge in [0.25, 0.3) is 5.91 Å². The number of rotatable bonds is 6. The lowest BCUT2D eigenvalue weighted by Gasteiger charge is -2.32. The van der Waals surface area contributed by atoms with Gasteiger partial charge in [-0.05, 0) is 13.8 Å². The Kier molecular flexibility index (Phi) is 6.82. The molecule has 0 unspecified atom stereocenters. The Bertz CT molecular complexity index is 653. The first-order valence-electron chi connectivity index (χ1n) is 8.51. The van der Waals surface area contributed by atoms with Crippen molar-refractivity contribution in [3.8, 4) is 11.5 Å². The summed E-state index contributed by atoms with van der Waals surface area (Å²) in [6, 6.07) is 3.05. The second kappa shape index (κ2) is 8.86. The predicted molar refractivity (Wildman–Crippen MR) is 95.1 cm³/mol. The van der Waals surface area contributed by atoms with Crippen molar-refractivity contribution in [1.29, 1.82) is 0 Å². The molecule has 2 N–H and O–H groups in total. The summed E-state index contributed by atoms with van der Waals surface area (Å²) in [5, 5.41) is 2.79. The fourth-order valence-corrected chi connectivity index (χ4v) is 3.22. The largest absolute Gasteiger partial charge is 0.493 e. The molecule has 0 aromatic heterocycles. The first-order chi connectivity index (χ1) is 12.4. The van der Waals surface area contributed by atoms with E-state index in [1.165, 1.54) is 27.4 Å². The molecule has 0 saturated carbocycles. The van der Waals surface area contributed by atoms with Gasteiger partial charge in [-0.3, -0.25) is 4.79 Å². The number of benzene rings is 1. The van der Waals surface area contributed by atoms with E-state index in [0.717, 1.165) is 18.0 Å². The first-order valence-corrected chi connectivity index (χ1v) is 8.51. The van der Waals surface area contributed by atoms with Gasteiger partial charge in [0.05, 0.1) is 32.6 Å². The Labute approximate surface area is 153 Å². The zero-order valence-electron chi connectivity index (χ0n) is 15.9. The van der Waals surface area contributed by atoms with Gasteiger partial charge in [-0.15, -0.1) is 0 Å². The fraction of sp³-hybridized carbons (Fsp3) is 0.556. The predicted octanol–water partition coefficient (Wildman–Crippen LogP) is 0.121. The summed E-state index contributed by atoms with van der Waals surface area (Å²) in [7, 11) is 4.24. The van der Waals surface area contributed by atoms with Crippen LogP contribution in [0.25, 0.3) is 0 Å². The molecule has 26 heavy (non-hydrogen) atoms. The molecule has 1 aromatic rings. The molecule has 8 heteroatoms. The van der Waals surface area contributed by atoms with Crippen molar-refractivity contribution in [3.63, 3.8) is 0 Å². The molecule has 2 atom stereocenters. The summed E-state index contributed by atoms with van der Waals surface area (Å²) >= 11 is 0. The maximum atomic E-state index is 12.5. The summed E-state index contributed by atoms with van der Waals surface area (Å²) < 4.78 is 21.0. The van der Waals surface area contributed by atoms with Crippen LogP contribution in [-0.4, -0.2) is 65.0 Å². The van der Waals surface area contributed by atoms with Crippen molar-refractivity contribution in [3.05, 3.63) is 17.7 Å². The van der Waals surface area contributed by atoms with Crippen LogP contribution >= 0.6 is 0 Å². The van der Waals surface area contributed by atoms with E-state index in [9.17, 15) is 9.59 Å². The normalized spacial score (nSPS) is 22.4. The third kappa shape index (κ3) is 4.86.